The molecule has 10 heteroatoms. The van der Waals surface area contributed by atoms with E-state index in [1.807, 2.05) is 0 Å². The second-order valence-corrected chi connectivity index (χ2v) is 4.59. The van der Waals surface area contributed by atoms with Crippen LogP contribution in [0.3, 0.4) is 0 Å². The van der Waals surface area contributed by atoms with Gasteiger partial charge in [-0.05, 0) is 0 Å². The maximum atomic E-state index is 11.6. The summed E-state index contributed by atoms with van der Waals surface area (Å²) >= 11 is 0. The summed E-state index contributed by atoms with van der Waals surface area (Å²) in [5.74, 6) is -6.13. The Morgan fingerprint density at radius 3 is 1.73 bits per heavy atom. The molecule has 0 aliphatic heterocycles. The van der Waals surface area contributed by atoms with E-state index >= 15 is 0 Å². The molecule has 0 heterocycles. The Balaban J connectivity index is 0. The number of carboxylic acids is 2. The van der Waals surface area contributed by atoms with Gasteiger partial charge in [0, 0.05) is 12.0 Å². The third kappa shape index (κ3) is 7.03. The Kier molecular flexibility index (Phi) is 11.7. The predicted octanol–water partition coefficient (Wildman–Crippen LogP) is -2.69. The average molecular weight is 348 g/mol. The number of ether oxygens (including phenoxy) is 1. The van der Waals surface area contributed by atoms with E-state index in [2.05, 4.69) is 6.58 Å². The zero-order valence-electron chi connectivity index (χ0n) is 11.2. The number of rotatable bonds is 10. The number of esters is 1. The first-order valence-corrected chi connectivity index (χ1v) is 5.86. The zero-order valence-corrected chi connectivity index (χ0v) is 11.2. The van der Waals surface area contributed by atoms with Gasteiger partial charge in [0.05, 0.1) is 25.2 Å². The minimum absolute atomic E-state index is 0. The Bertz CT molecular complexity index is 395. The zero-order chi connectivity index (χ0) is 16.6. The monoisotopic (exact) mass is 348 g/mol. The second-order valence-electron chi connectivity index (χ2n) is 4.59. The van der Waals surface area contributed by atoms with Crippen molar-refractivity contribution in [2.45, 2.75) is 6.42 Å². The SMILES string of the molecule is C=C(CC(C(=O)O)C(=O)O)C(=O)OCC(CO)(CO)CO.[CaH2]. The number of aliphatic hydroxyl groups excluding tert-OH is 3. The van der Waals surface area contributed by atoms with E-state index in [0.717, 1.165) is 0 Å². The van der Waals surface area contributed by atoms with Gasteiger partial charge in [-0.15, -0.1) is 0 Å². The molecule has 0 spiro atoms. The first kappa shape index (κ1) is 23.6. The molecule has 9 nitrogen and oxygen atoms in total. The molecule has 0 atom stereocenters. The third-order valence-electron chi connectivity index (χ3n) is 2.85. The van der Waals surface area contributed by atoms with E-state index in [9.17, 15) is 14.4 Å². The molecule has 0 aromatic rings. The molecule has 0 aliphatic carbocycles. The van der Waals surface area contributed by atoms with Crippen LogP contribution < -0.4 is 0 Å². The molecular weight excluding hydrogens is 328 g/mol. The van der Waals surface area contributed by atoms with E-state index in [1.54, 1.807) is 0 Å². The van der Waals surface area contributed by atoms with E-state index in [0.29, 0.717) is 0 Å². The molecule has 0 aromatic heterocycles. The van der Waals surface area contributed by atoms with Crippen molar-refractivity contribution in [3.63, 3.8) is 0 Å². The molecule has 0 unspecified atom stereocenters. The van der Waals surface area contributed by atoms with Gasteiger partial charge < -0.3 is 30.3 Å². The number of carbonyl (C=O) groups excluding carboxylic acids is 1. The quantitative estimate of drug-likeness (QED) is 0.122. The van der Waals surface area contributed by atoms with Crippen molar-refractivity contribution in [1.29, 1.82) is 0 Å². The van der Waals surface area contributed by atoms with Gasteiger partial charge >= 0.3 is 55.6 Å². The van der Waals surface area contributed by atoms with Crippen LogP contribution in [0.2, 0.25) is 0 Å². The van der Waals surface area contributed by atoms with Crippen molar-refractivity contribution in [3.8, 4) is 0 Å². The standard InChI is InChI=1S/C12H18O9.Ca.2H/c1-7(2-8(9(16)17)10(18)19)11(20)21-6-12(3-13,4-14)5-15;;;/h8,13-15H,1-6H2,(H,16,17)(H,18,19);;;. The molecule has 22 heavy (non-hydrogen) atoms. The molecule has 5 N–H and O–H groups in total. The van der Waals surface area contributed by atoms with Gasteiger partial charge in [0.1, 0.15) is 6.61 Å². The van der Waals surface area contributed by atoms with Crippen molar-refractivity contribution < 1.29 is 44.7 Å². The van der Waals surface area contributed by atoms with E-state index in [4.69, 9.17) is 30.3 Å². The molecule has 0 aliphatic rings. The number of aliphatic carboxylic acids is 2. The third-order valence-corrected chi connectivity index (χ3v) is 2.85. The molecule has 0 amide bonds. The maximum absolute atomic E-state index is 11.6. The van der Waals surface area contributed by atoms with Gasteiger partial charge in [-0.3, -0.25) is 9.59 Å². The summed E-state index contributed by atoms with van der Waals surface area (Å²) in [6.07, 6.45) is -0.645. The van der Waals surface area contributed by atoms with Gasteiger partial charge in [-0.25, -0.2) is 4.79 Å². The van der Waals surface area contributed by atoms with Crippen molar-refractivity contribution >= 4 is 55.6 Å². The van der Waals surface area contributed by atoms with Crippen LogP contribution in [-0.2, 0) is 19.1 Å². The molecule has 0 aromatic carbocycles. The molecule has 124 valence electrons. The molecule has 0 radical (unpaired) electrons. The first-order valence-electron chi connectivity index (χ1n) is 5.86. The Morgan fingerprint density at radius 1 is 1.00 bits per heavy atom. The number of aliphatic hydroxyl groups is 3. The average Bonchev–Trinajstić information content (AvgIpc) is 2.45. The van der Waals surface area contributed by atoms with Crippen LogP contribution in [0.1, 0.15) is 6.42 Å². The number of carbonyl (C=O) groups is 3. The van der Waals surface area contributed by atoms with E-state index in [-0.39, 0.29) is 43.3 Å². The summed E-state index contributed by atoms with van der Waals surface area (Å²) in [7, 11) is 0. The van der Waals surface area contributed by atoms with Crippen LogP contribution in [0.15, 0.2) is 12.2 Å². The molecule has 0 fully saturated rings. The van der Waals surface area contributed by atoms with E-state index < -0.39 is 62.1 Å². The fourth-order valence-electron chi connectivity index (χ4n) is 1.22. The van der Waals surface area contributed by atoms with Gasteiger partial charge in [0.2, 0.25) is 0 Å². The molecule has 0 rings (SSSR count). The topological polar surface area (TPSA) is 162 Å². The van der Waals surface area contributed by atoms with Crippen LogP contribution in [0, 0.1) is 11.3 Å². The number of carboxylic acid groups (broad SMARTS) is 2. The van der Waals surface area contributed by atoms with E-state index in [1.165, 1.54) is 0 Å². The summed E-state index contributed by atoms with van der Waals surface area (Å²) in [5, 5.41) is 44.4. The van der Waals surface area contributed by atoms with Crippen molar-refractivity contribution in [2.75, 3.05) is 26.4 Å². The van der Waals surface area contributed by atoms with Crippen LogP contribution in [0.25, 0.3) is 0 Å². The number of hydrogen-bond donors (Lipinski definition) is 5. The normalized spacial score (nSPS) is 10.7. The Hall–Kier alpha value is -0.710. The van der Waals surface area contributed by atoms with Gasteiger partial charge in [-0.1, -0.05) is 6.58 Å². The minimum atomic E-state index is -1.83. The van der Waals surface area contributed by atoms with Crippen molar-refractivity contribution in [1.82, 2.24) is 0 Å². The second kappa shape index (κ2) is 10.9. The van der Waals surface area contributed by atoms with Crippen LogP contribution in [-0.4, -0.2) is 108 Å². The first-order chi connectivity index (χ1) is 9.72. The number of hydrogen-bond acceptors (Lipinski definition) is 7. The summed E-state index contributed by atoms with van der Waals surface area (Å²) < 4.78 is 4.70. The van der Waals surface area contributed by atoms with Gasteiger partial charge in [0.15, 0.2) is 5.92 Å². The summed E-state index contributed by atoms with van der Waals surface area (Å²) in [4.78, 5) is 32.9. The van der Waals surface area contributed by atoms with Gasteiger partial charge in [-0.2, -0.15) is 0 Å². The van der Waals surface area contributed by atoms with Crippen molar-refractivity contribution in [2.24, 2.45) is 11.3 Å². The molecular formula is C12H20CaO9. The van der Waals surface area contributed by atoms with Crippen LogP contribution >= 0.6 is 0 Å². The summed E-state index contributed by atoms with van der Waals surface area (Å²) in [6, 6.07) is 0. The fraction of sp³-hybridized carbons (Fsp3) is 0.583. The Morgan fingerprint density at radius 2 is 1.41 bits per heavy atom. The molecule has 0 bridgehead atoms. The van der Waals surface area contributed by atoms with Crippen molar-refractivity contribution in [3.05, 3.63) is 12.2 Å². The predicted molar refractivity (Wildman–Crippen MR) is 75.7 cm³/mol. The summed E-state index contributed by atoms with van der Waals surface area (Å²) in [5.41, 5.74) is -1.82. The van der Waals surface area contributed by atoms with Gasteiger partial charge in [0.25, 0.3) is 0 Å². The summed E-state index contributed by atoms with van der Waals surface area (Å²) in [6.45, 7) is 0.781. The fourth-order valence-corrected chi connectivity index (χ4v) is 1.22. The molecule has 0 saturated heterocycles. The Labute approximate surface area is 156 Å². The van der Waals surface area contributed by atoms with Crippen LogP contribution in [0.5, 0.6) is 0 Å². The molecule has 0 saturated carbocycles. The van der Waals surface area contributed by atoms with Crippen LogP contribution in [0.4, 0.5) is 0 Å².